The molecule has 4 heteroatoms. The molecule has 1 aromatic carbocycles. The van der Waals surface area contributed by atoms with Crippen LogP contribution in [0.4, 0.5) is 0 Å². The van der Waals surface area contributed by atoms with Crippen molar-refractivity contribution in [2.45, 2.75) is 13.8 Å². The van der Waals surface area contributed by atoms with Crippen LogP contribution in [0.15, 0.2) is 12.1 Å². The number of rotatable bonds is 4. The first-order chi connectivity index (χ1) is 9.11. The summed E-state index contributed by atoms with van der Waals surface area (Å²) >= 11 is 0. The van der Waals surface area contributed by atoms with Crippen molar-refractivity contribution >= 4 is 5.78 Å². The fraction of sp³-hybridized carbons (Fsp3) is 0.533. The van der Waals surface area contributed by atoms with Gasteiger partial charge in [-0.2, -0.15) is 0 Å². The van der Waals surface area contributed by atoms with Crippen LogP contribution in [0, 0.1) is 13.8 Å². The Kier molecular flexibility index (Phi) is 4.56. The van der Waals surface area contributed by atoms with Crippen molar-refractivity contribution in [1.82, 2.24) is 10.2 Å². The number of nitrogens with zero attached hydrogens (tertiary/aromatic N) is 1. The van der Waals surface area contributed by atoms with Gasteiger partial charge in [0.1, 0.15) is 5.75 Å². The number of hydrogen-bond donors (Lipinski definition) is 1. The molecule has 1 aliphatic rings. The number of aryl methyl sites for hydroxylation is 2. The molecule has 1 heterocycles. The lowest BCUT2D eigenvalue weighted by atomic mass is 10.0. The lowest BCUT2D eigenvalue weighted by Crippen LogP contribution is -2.45. The molecule has 0 spiro atoms. The Balaban J connectivity index is 2.15. The lowest BCUT2D eigenvalue weighted by molar-refractivity contribution is 0.0918. The largest absolute Gasteiger partial charge is 0.496 e. The number of nitrogens with one attached hydrogen (secondary N) is 1. The summed E-state index contributed by atoms with van der Waals surface area (Å²) < 4.78 is 5.34. The number of ether oxygens (including phenoxy) is 1. The first-order valence-electron chi connectivity index (χ1n) is 6.73. The van der Waals surface area contributed by atoms with Gasteiger partial charge in [0.15, 0.2) is 5.78 Å². The monoisotopic (exact) mass is 262 g/mol. The van der Waals surface area contributed by atoms with E-state index in [9.17, 15) is 4.79 Å². The van der Waals surface area contributed by atoms with Gasteiger partial charge in [-0.15, -0.1) is 0 Å². The van der Waals surface area contributed by atoms with E-state index in [1.165, 1.54) is 0 Å². The molecule has 104 valence electrons. The van der Waals surface area contributed by atoms with Crippen LogP contribution in [0.3, 0.4) is 0 Å². The minimum absolute atomic E-state index is 0.141. The molecule has 0 bridgehead atoms. The molecule has 19 heavy (non-hydrogen) atoms. The normalized spacial score (nSPS) is 16.4. The summed E-state index contributed by atoms with van der Waals surface area (Å²) in [5.41, 5.74) is 2.98. The summed E-state index contributed by atoms with van der Waals surface area (Å²) in [6, 6.07) is 3.89. The van der Waals surface area contributed by atoms with Crippen molar-refractivity contribution in [2.24, 2.45) is 0 Å². The molecule has 0 radical (unpaired) electrons. The number of piperazine rings is 1. The van der Waals surface area contributed by atoms with E-state index in [1.807, 2.05) is 26.0 Å². The number of Topliss-reactive ketones (excluding diaryl/α,β-unsaturated/α-hetero) is 1. The maximum Gasteiger partial charge on any atom is 0.180 e. The summed E-state index contributed by atoms with van der Waals surface area (Å²) in [6.07, 6.45) is 0. The summed E-state index contributed by atoms with van der Waals surface area (Å²) in [5.74, 6) is 0.824. The number of ketones is 1. The molecule has 1 N–H and O–H groups in total. The molecule has 0 atom stereocenters. The maximum absolute atomic E-state index is 12.4. The molecule has 0 aliphatic carbocycles. The number of hydrogen-bond acceptors (Lipinski definition) is 4. The van der Waals surface area contributed by atoms with Gasteiger partial charge in [-0.05, 0) is 37.1 Å². The highest BCUT2D eigenvalue weighted by molar-refractivity contribution is 6.00. The third-order valence-corrected chi connectivity index (χ3v) is 3.69. The van der Waals surface area contributed by atoms with Gasteiger partial charge >= 0.3 is 0 Å². The fourth-order valence-electron chi connectivity index (χ4n) is 2.33. The summed E-state index contributed by atoms with van der Waals surface area (Å²) in [7, 11) is 1.62. The van der Waals surface area contributed by atoms with Crippen molar-refractivity contribution in [2.75, 3.05) is 39.8 Å². The van der Waals surface area contributed by atoms with Crippen molar-refractivity contribution in [3.8, 4) is 5.75 Å². The predicted octanol–water partition coefficient (Wildman–Crippen LogP) is 1.40. The molecule has 0 saturated carbocycles. The molecule has 4 nitrogen and oxygen atoms in total. The van der Waals surface area contributed by atoms with Gasteiger partial charge in [0.25, 0.3) is 0 Å². The Labute approximate surface area is 114 Å². The molecular formula is C15H22N2O2. The van der Waals surface area contributed by atoms with E-state index in [1.54, 1.807) is 7.11 Å². The van der Waals surface area contributed by atoms with Crippen molar-refractivity contribution < 1.29 is 9.53 Å². The van der Waals surface area contributed by atoms with Crippen LogP contribution in [-0.2, 0) is 0 Å². The number of benzene rings is 1. The number of methoxy groups -OCH3 is 1. The zero-order valence-corrected chi connectivity index (χ0v) is 12.0. The van der Waals surface area contributed by atoms with Crippen LogP contribution in [0.1, 0.15) is 21.5 Å². The minimum atomic E-state index is 0.141. The van der Waals surface area contributed by atoms with Crippen LogP contribution in [0.2, 0.25) is 0 Å². The topological polar surface area (TPSA) is 41.6 Å². The van der Waals surface area contributed by atoms with Gasteiger partial charge in [0, 0.05) is 26.2 Å². The minimum Gasteiger partial charge on any atom is -0.496 e. The Bertz CT molecular complexity index is 465. The average molecular weight is 262 g/mol. The van der Waals surface area contributed by atoms with Gasteiger partial charge in [-0.3, -0.25) is 9.69 Å². The third-order valence-electron chi connectivity index (χ3n) is 3.69. The van der Waals surface area contributed by atoms with E-state index >= 15 is 0 Å². The zero-order valence-electron chi connectivity index (χ0n) is 12.0. The summed E-state index contributed by atoms with van der Waals surface area (Å²) in [4.78, 5) is 14.6. The van der Waals surface area contributed by atoms with Crippen LogP contribution in [0.25, 0.3) is 0 Å². The van der Waals surface area contributed by atoms with E-state index < -0.39 is 0 Å². The van der Waals surface area contributed by atoms with Gasteiger partial charge in [-0.1, -0.05) is 0 Å². The van der Waals surface area contributed by atoms with Gasteiger partial charge in [0.05, 0.1) is 19.2 Å². The summed E-state index contributed by atoms with van der Waals surface area (Å²) in [6.45, 7) is 8.30. The first kappa shape index (κ1) is 14.0. The SMILES string of the molecule is COc1cc(C)c(C)cc1C(=O)CN1CCNCC1. The second kappa shape index (κ2) is 6.17. The molecule has 0 unspecified atom stereocenters. The van der Waals surface area contributed by atoms with Gasteiger partial charge in [-0.25, -0.2) is 0 Å². The molecule has 1 saturated heterocycles. The van der Waals surface area contributed by atoms with Crippen molar-refractivity contribution in [1.29, 1.82) is 0 Å². The highest BCUT2D eigenvalue weighted by atomic mass is 16.5. The number of carbonyl (C=O) groups is 1. The highest BCUT2D eigenvalue weighted by Crippen LogP contribution is 2.23. The molecule has 0 amide bonds. The predicted molar refractivity (Wildman–Crippen MR) is 76.1 cm³/mol. The molecular weight excluding hydrogens is 240 g/mol. The van der Waals surface area contributed by atoms with Gasteiger partial charge in [0.2, 0.25) is 0 Å². The van der Waals surface area contributed by atoms with E-state index in [-0.39, 0.29) is 5.78 Å². The maximum atomic E-state index is 12.4. The molecule has 1 fully saturated rings. The smallest absolute Gasteiger partial charge is 0.180 e. The van der Waals surface area contributed by atoms with Crippen molar-refractivity contribution in [3.63, 3.8) is 0 Å². The van der Waals surface area contributed by atoms with Crippen LogP contribution in [-0.4, -0.2) is 50.5 Å². The van der Waals surface area contributed by atoms with Crippen LogP contribution < -0.4 is 10.1 Å². The number of carbonyl (C=O) groups excluding carboxylic acids is 1. The second-order valence-electron chi connectivity index (χ2n) is 5.09. The standard InChI is InChI=1S/C15H22N2O2/c1-11-8-13(15(19-3)9-12(11)2)14(18)10-17-6-4-16-5-7-17/h8-9,16H,4-7,10H2,1-3H3. The average Bonchev–Trinajstić information content (AvgIpc) is 2.42. The molecule has 1 aliphatic heterocycles. The van der Waals surface area contributed by atoms with Crippen LogP contribution >= 0.6 is 0 Å². The summed E-state index contributed by atoms with van der Waals surface area (Å²) in [5, 5.41) is 3.29. The zero-order chi connectivity index (χ0) is 13.8. The highest BCUT2D eigenvalue weighted by Gasteiger charge is 2.18. The van der Waals surface area contributed by atoms with Gasteiger partial charge < -0.3 is 10.1 Å². The Hall–Kier alpha value is -1.39. The second-order valence-corrected chi connectivity index (χ2v) is 5.09. The van der Waals surface area contributed by atoms with Crippen LogP contribution in [0.5, 0.6) is 5.75 Å². The Morgan fingerprint density at radius 1 is 1.26 bits per heavy atom. The Morgan fingerprint density at radius 2 is 1.89 bits per heavy atom. The quantitative estimate of drug-likeness (QED) is 0.833. The molecule has 2 rings (SSSR count). The molecule has 0 aromatic heterocycles. The lowest BCUT2D eigenvalue weighted by Gasteiger charge is -2.26. The molecule has 1 aromatic rings. The Morgan fingerprint density at radius 3 is 2.53 bits per heavy atom. The van der Waals surface area contributed by atoms with Crippen molar-refractivity contribution in [3.05, 3.63) is 28.8 Å². The first-order valence-corrected chi connectivity index (χ1v) is 6.73. The van der Waals surface area contributed by atoms with E-state index in [2.05, 4.69) is 10.2 Å². The fourth-order valence-corrected chi connectivity index (χ4v) is 2.33. The third kappa shape index (κ3) is 3.33. The van der Waals surface area contributed by atoms with E-state index in [0.29, 0.717) is 17.9 Å². The van der Waals surface area contributed by atoms with E-state index in [0.717, 1.165) is 37.3 Å². The van der Waals surface area contributed by atoms with E-state index in [4.69, 9.17) is 4.74 Å².